The number of ether oxygens (including phenoxy) is 1. The third kappa shape index (κ3) is 6.47. The minimum atomic E-state index is -3.13. The molecule has 1 heterocycles. The van der Waals surface area contributed by atoms with Crippen molar-refractivity contribution in [3.63, 3.8) is 0 Å². The van der Waals surface area contributed by atoms with E-state index in [1.165, 1.54) is 0 Å². The molecule has 2 aromatic carbocycles. The van der Waals surface area contributed by atoms with Gasteiger partial charge in [-0.3, -0.25) is 13.9 Å². The molecule has 2 aromatic rings. The lowest BCUT2D eigenvalue weighted by Gasteiger charge is -2.42. The van der Waals surface area contributed by atoms with Crippen molar-refractivity contribution in [2.75, 3.05) is 23.8 Å². The number of carboxylic acid groups (broad SMARTS) is 1. The van der Waals surface area contributed by atoms with E-state index in [0.29, 0.717) is 27.4 Å². The molecule has 34 heavy (non-hydrogen) atoms. The Morgan fingerprint density at radius 3 is 2.35 bits per heavy atom. The summed E-state index contributed by atoms with van der Waals surface area (Å²) < 4.78 is 29.5. The number of benzene rings is 2. The van der Waals surface area contributed by atoms with Crippen LogP contribution in [0.1, 0.15) is 58.8 Å². The largest absolute Gasteiger partial charge is 0.492 e. The smallest absolute Gasteiger partial charge is 0.306 e. The molecule has 0 aliphatic carbocycles. The van der Waals surface area contributed by atoms with E-state index in [1.54, 1.807) is 6.07 Å². The lowest BCUT2D eigenvalue weighted by Crippen LogP contribution is -2.37. The van der Waals surface area contributed by atoms with Gasteiger partial charge >= 0.3 is 5.97 Å². The molecule has 0 amide bonds. The zero-order valence-corrected chi connectivity index (χ0v) is 22.4. The van der Waals surface area contributed by atoms with Crippen LogP contribution in [0.3, 0.4) is 0 Å². The van der Waals surface area contributed by atoms with Gasteiger partial charge in [-0.15, -0.1) is 0 Å². The van der Waals surface area contributed by atoms with Crippen LogP contribution < -0.4 is 9.64 Å². The number of carbonyl (C=O) groups is 1. The van der Waals surface area contributed by atoms with E-state index in [9.17, 15) is 13.9 Å². The summed E-state index contributed by atoms with van der Waals surface area (Å²) in [5, 5.41) is 8.96. The predicted molar refractivity (Wildman–Crippen MR) is 143 cm³/mol. The lowest BCUT2D eigenvalue weighted by atomic mass is 9.79. The van der Waals surface area contributed by atoms with Crippen molar-refractivity contribution < 1.29 is 23.7 Å². The second-order valence-electron chi connectivity index (χ2n) is 9.18. The van der Waals surface area contributed by atoms with Crippen LogP contribution in [0.2, 0.25) is 0 Å². The van der Waals surface area contributed by atoms with Gasteiger partial charge in [0.2, 0.25) is 0 Å². The van der Waals surface area contributed by atoms with Crippen LogP contribution >= 0.6 is 26.5 Å². The van der Waals surface area contributed by atoms with E-state index in [-0.39, 0.29) is 18.4 Å². The maximum absolute atomic E-state index is 11.6. The second kappa shape index (κ2) is 11.8. The third-order valence-corrected chi connectivity index (χ3v) is 9.09. The van der Waals surface area contributed by atoms with Gasteiger partial charge in [0.05, 0.1) is 28.1 Å². The summed E-state index contributed by atoms with van der Waals surface area (Å²) in [4.78, 5) is 13.6. The van der Waals surface area contributed by atoms with Crippen molar-refractivity contribution in [3.05, 3.63) is 46.9 Å². The monoisotopic (exact) mass is 553 g/mol. The number of fused-ring (bicyclic) bond motifs is 1. The number of anilines is 2. The topological polar surface area (TPSA) is 90.2 Å². The Kier molecular flexibility index (Phi) is 9.32. The molecule has 0 aromatic heterocycles. The Morgan fingerprint density at radius 1 is 1.12 bits per heavy atom. The quantitative estimate of drug-likeness (QED) is 0.261. The Morgan fingerprint density at radius 2 is 1.76 bits per heavy atom. The van der Waals surface area contributed by atoms with Gasteiger partial charge < -0.3 is 14.7 Å². The molecule has 0 atom stereocenters. The molecule has 3 rings (SSSR count). The number of hydrogen-bond donors (Lipinski definition) is 3. The van der Waals surface area contributed by atoms with E-state index in [4.69, 9.17) is 9.84 Å². The van der Waals surface area contributed by atoms with Gasteiger partial charge in [0.25, 0.3) is 0 Å². The molecule has 188 valence electrons. The Bertz CT molecular complexity index is 961. The van der Waals surface area contributed by atoms with E-state index >= 15 is 0 Å². The maximum atomic E-state index is 11.6. The number of aliphatic carboxylic acids is 1. The van der Waals surface area contributed by atoms with Gasteiger partial charge in [-0.05, 0) is 47.0 Å². The fourth-order valence-electron chi connectivity index (χ4n) is 4.70. The first-order chi connectivity index (χ1) is 16.2. The van der Waals surface area contributed by atoms with Crippen LogP contribution in [0.4, 0.5) is 11.4 Å². The summed E-state index contributed by atoms with van der Waals surface area (Å²) in [5.41, 5.74) is 1.51. The Hall–Kier alpha value is -1.74. The van der Waals surface area contributed by atoms with Gasteiger partial charge in [-0.25, -0.2) is 0 Å². The lowest BCUT2D eigenvalue weighted by molar-refractivity contribution is -0.137. The average Bonchev–Trinajstić information content (AvgIpc) is 2.89. The van der Waals surface area contributed by atoms with Crippen molar-refractivity contribution in [1.29, 1.82) is 0 Å². The SMILES string of the molecule is CCCCC1(CCCC)CN(c2ccccc2)c2cc(Br)c(OCCC(=O)O)cc2S(O)(O)C1. The molecular formula is C26H36BrNO5S. The molecule has 0 spiro atoms. The van der Waals surface area contributed by atoms with Crippen LogP contribution in [0.15, 0.2) is 51.8 Å². The number of halogens is 1. The maximum Gasteiger partial charge on any atom is 0.306 e. The summed E-state index contributed by atoms with van der Waals surface area (Å²) in [5.74, 6) is -0.211. The second-order valence-corrected chi connectivity index (χ2v) is 12.1. The Balaban J connectivity index is 2.13. The predicted octanol–water partition coefficient (Wildman–Crippen LogP) is 7.93. The van der Waals surface area contributed by atoms with Crippen LogP contribution in [0.25, 0.3) is 0 Å². The molecule has 8 heteroatoms. The first-order valence-electron chi connectivity index (χ1n) is 12.0. The first kappa shape index (κ1) is 26.9. The van der Waals surface area contributed by atoms with Crippen LogP contribution in [0, 0.1) is 5.41 Å². The van der Waals surface area contributed by atoms with Crippen LogP contribution in [-0.2, 0) is 4.79 Å². The fraction of sp³-hybridized carbons (Fsp3) is 0.500. The summed E-state index contributed by atoms with van der Waals surface area (Å²) in [6, 6.07) is 13.6. The van der Waals surface area contributed by atoms with Gasteiger partial charge in [0, 0.05) is 29.5 Å². The summed E-state index contributed by atoms with van der Waals surface area (Å²) in [6.45, 7) is 5.05. The van der Waals surface area contributed by atoms with Gasteiger partial charge in [0.1, 0.15) is 5.75 Å². The van der Waals surface area contributed by atoms with Crippen molar-refractivity contribution in [2.24, 2.45) is 5.41 Å². The van der Waals surface area contributed by atoms with Gasteiger partial charge in [-0.1, -0.05) is 57.7 Å². The van der Waals surface area contributed by atoms with Crippen molar-refractivity contribution >= 4 is 43.9 Å². The number of nitrogens with zero attached hydrogens (tertiary/aromatic N) is 1. The number of carboxylic acids is 1. The average molecular weight is 555 g/mol. The molecular weight excluding hydrogens is 518 g/mol. The molecule has 6 nitrogen and oxygen atoms in total. The van der Waals surface area contributed by atoms with Crippen LogP contribution in [0.5, 0.6) is 5.75 Å². The third-order valence-electron chi connectivity index (χ3n) is 6.42. The van der Waals surface area contributed by atoms with Crippen molar-refractivity contribution in [2.45, 2.75) is 63.7 Å². The molecule has 0 saturated carbocycles. The number of hydrogen-bond acceptors (Lipinski definition) is 5. The fourth-order valence-corrected chi connectivity index (χ4v) is 7.33. The van der Waals surface area contributed by atoms with E-state index < -0.39 is 16.6 Å². The number of unbranched alkanes of at least 4 members (excludes halogenated alkanes) is 2. The summed E-state index contributed by atoms with van der Waals surface area (Å²) in [6.07, 6.45) is 5.90. The molecule has 0 bridgehead atoms. The highest BCUT2D eigenvalue weighted by Crippen LogP contribution is 2.62. The highest BCUT2D eigenvalue weighted by molar-refractivity contribution is 9.10. The molecule has 0 fully saturated rings. The van der Waals surface area contributed by atoms with Crippen molar-refractivity contribution in [3.8, 4) is 5.75 Å². The zero-order valence-electron chi connectivity index (χ0n) is 20.0. The minimum absolute atomic E-state index is 0.00521. The van der Waals surface area contributed by atoms with Crippen molar-refractivity contribution in [1.82, 2.24) is 0 Å². The molecule has 3 N–H and O–H groups in total. The van der Waals surface area contributed by atoms with Gasteiger partial charge in [-0.2, -0.15) is 10.6 Å². The molecule has 0 saturated heterocycles. The molecule has 1 aliphatic rings. The summed E-state index contributed by atoms with van der Waals surface area (Å²) in [7, 11) is -3.13. The first-order valence-corrected chi connectivity index (χ1v) is 14.5. The van der Waals surface area contributed by atoms with E-state index in [0.717, 1.165) is 49.9 Å². The molecule has 1 aliphatic heterocycles. The highest BCUT2D eigenvalue weighted by atomic mass is 79.9. The zero-order chi connectivity index (χ0) is 24.8. The molecule has 0 radical (unpaired) electrons. The van der Waals surface area contributed by atoms with E-state index in [1.807, 2.05) is 24.3 Å². The standard InChI is InChI=1S/C26H36BrNO5S/c1-3-5-13-26(14-6-4-2)18-28(20-10-8-7-9-11-20)22-16-21(27)23(33-15-12-25(29)30)17-24(22)34(31,32)19-26/h7-11,16-17,31-32H,3-6,12-15,18-19H2,1-2H3,(H,29,30). The highest BCUT2D eigenvalue weighted by Gasteiger charge is 2.42. The normalized spacial score (nSPS) is 17.5. The number of rotatable bonds is 11. The molecule has 0 unspecified atom stereocenters. The van der Waals surface area contributed by atoms with Gasteiger partial charge in [0.15, 0.2) is 0 Å². The minimum Gasteiger partial charge on any atom is -0.492 e. The Labute approximate surface area is 212 Å². The van der Waals surface area contributed by atoms with E-state index in [2.05, 4.69) is 46.8 Å². The number of para-hydroxylation sites is 1. The summed E-state index contributed by atoms with van der Waals surface area (Å²) >= 11 is 3.57. The van der Waals surface area contributed by atoms with Crippen LogP contribution in [-0.4, -0.2) is 39.1 Å².